The molecule has 2 heterocycles. The van der Waals surface area contributed by atoms with Crippen LogP contribution >= 0.6 is 0 Å². The second-order valence-electron chi connectivity index (χ2n) is 5.54. The van der Waals surface area contributed by atoms with Crippen molar-refractivity contribution in [2.45, 2.75) is 13.5 Å². The van der Waals surface area contributed by atoms with Crippen molar-refractivity contribution in [2.24, 2.45) is 0 Å². The molecular formula is C18H15N5O3. The van der Waals surface area contributed by atoms with E-state index in [9.17, 15) is 4.79 Å². The number of hydrogen-bond donors (Lipinski definition) is 0. The largest absolute Gasteiger partial charge is 0.494 e. The van der Waals surface area contributed by atoms with Crippen LogP contribution in [-0.4, -0.2) is 31.7 Å². The zero-order chi connectivity index (χ0) is 17.9. The number of nitrogens with zero attached hydrogens (tertiary/aromatic N) is 5. The maximum Gasteiger partial charge on any atom is 0.278 e. The van der Waals surface area contributed by atoms with E-state index in [4.69, 9.17) is 9.26 Å². The minimum Gasteiger partial charge on any atom is -0.494 e. The molecule has 0 bridgehead atoms. The summed E-state index contributed by atoms with van der Waals surface area (Å²) < 4.78 is 11.9. The molecule has 0 aliphatic heterocycles. The normalized spacial score (nSPS) is 11.0. The van der Waals surface area contributed by atoms with Gasteiger partial charge in [-0.1, -0.05) is 22.5 Å². The standard InChI is InChI=1S/C18H15N5O3/c1-2-25-13-9-7-12(8-10-13)17-19-16(21-26-17)11-23-18(24)14-5-3-4-6-15(14)20-22-23/h3-10H,2,11H2,1H3. The lowest BCUT2D eigenvalue weighted by Gasteiger charge is -2.02. The van der Waals surface area contributed by atoms with Gasteiger partial charge in [0.15, 0.2) is 5.82 Å². The summed E-state index contributed by atoms with van der Waals surface area (Å²) in [5.41, 5.74) is 1.07. The monoisotopic (exact) mass is 349 g/mol. The molecule has 0 aliphatic rings. The zero-order valence-electron chi connectivity index (χ0n) is 14.0. The van der Waals surface area contributed by atoms with Gasteiger partial charge >= 0.3 is 0 Å². The summed E-state index contributed by atoms with van der Waals surface area (Å²) >= 11 is 0. The van der Waals surface area contributed by atoms with Crippen molar-refractivity contribution in [3.05, 3.63) is 64.7 Å². The molecule has 2 aromatic heterocycles. The Labute approximate surface area is 148 Å². The summed E-state index contributed by atoms with van der Waals surface area (Å²) in [6.07, 6.45) is 0. The first-order valence-corrected chi connectivity index (χ1v) is 8.13. The maximum atomic E-state index is 12.5. The van der Waals surface area contributed by atoms with E-state index in [1.807, 2.05) is 37.3 Å². The summed E-state index contributed by atoms with van der Waals surface area (Å²) in [6.45, 7) is 2.61. The highest BCUT2D eigenvalue weighted by Gasteiger charge is 2.12. The summed E-state index contributed by atoms with van der Waals surface area (Å²) in [7, 11) is 0. The van der Waals surface area contributed by atoms with E-state index in [2.05, 4.69) is 20.5 Å². The van der Waals surface area contributed by atoms with Gasteiger partial charge in [-0.05, 0) is 43.3 Å². The third-order valence-corrected chi connectivity index (χ3v) is 3.80. The predicted molar refractivity (Wildman–Crippen MR) is 93.8 cm³/mol. The van der Waals surface area contributed by atoms with Crippen molar-refractivity contribution < 1.29 is 9.26 Å². The second-order valence-corrected chi connectivity index (χ2v) is 5.54. The van der Waals surface area contributed by atoms with Crippen LogP contribution in [0.25, 0.3) is 22.4 Å². The van der Waals surface area contributed by atoms with Crippen LogP contribution in [0.1, 0.15) is 12.7 Å². The van der Waals surface area contributed by atoms with Crippen molar-refractivity contribution >= 4 is 10.9 Å². The molecule has 4 aromatic rings. The lowest BCUT2D eigenvalue weighted by atomic mass is 10.2. The van der Waals surface area contributed by atoms with Gasteiger partial charge in [0.2, 0.25) is 0 Å². The molecule has 0 saturated heterocycles. The number of aromatic nitrogens is 5. The molecule has 130 valence electrons. The molecule has 0 atom stereocenters. The number of benzene rings is 2. The van der Waals surface area contributed by atoms with Crippen LogP contribution in [0.5, 0.6) is 5.75 Å². The van der Waals surface area contributed by atoms with E-state index >= 15 is 0 Å². The highest BCUT2D eigenvalue weighted by Crippen LogP contribution is 2.21. The lowest BCUT2D eigenvalue weighted by Crippen LogP contribution is -2.25. The van der Waals surface area contributed by atoms with Crippen molar-refractivity contribution in [1.82, 2.24) is 25.1 Å². The Bertz CT molecular complexity index is 1100. The number of rotatable bonds is 5. The highest BCUT2D eigenvalue weighted by molar-refractivity contribution is 5.76. The van der Waals surface area contributed by atoms with E-state index in [1.54, 1.807) is 18.2 Å². The first-order chi connectivity index (χ1) is 12.7. The van der Waals surface area contributed by atoms with Crippen LogP contribution in [0.2, 0.25) is 0 Å². The van der Waals surface area contributed by atoms with E-state index in [1.165, 1.54) is 4.68 Å². The molecule has 4 rings (SSSR count). The second kappa shape index (κ2) is 6.75. The minimum atomic E-state index is -0.247. The predicted octanol–water partition coefficient (Wildman–Crippen LogP) is 2.29. The Morgan fingerprint density at radius 1 is 1.12 bits per heavy atom. The topological polar surface area (TPSA) is 95.9 Å². The van der Waals surface area contributed by atoms with E-state index in [-0.39, 0.29) is 12.1 Å². The zero-order valence-corrected chi connectivity index (χ0v) is 14.0. The Balaban J connectivity index is 1.59. The molecule has 0 saturated carbocycles. The number of fused-ring (bicyclic) bond motifs is 1. The quantitative estimate of drug-likeness (QED) is 0.545. The van der Waals surface area contributed by atoms with E-state index in [0.29, 0.717) is 29.2 Å². The highest BCUT2D eigenvalue weighted by atomic mass is 16.5. The fraction of sp³-hybridized carbons (Fsp3) is 0.167. The smallest absolute Gasteiger partial charge is 0.278 e. The molecule has 0 radical (unpaired) electrons. The van der Waals surface area contributed by atoms with Gasteiger partial charge in [-0.2, -0.15) is 4.98 Å². The molecule has 0 unspecified atom stereocenters. The third-order valence-electron chi connectivity index (χ3n) is 3.80. The minimum absolute atomic E-state index is 0.0806. The van der Waals surface area contributed by atoms with Gasteiger partial charge in [0, 0.05) is 5.56 Å². The van der Waals surface area contributed by atoms with Gasteiger partial charge < -0.3 is 9.26 Å². The van der Waals surface area contributed by atoms with Gasteiger partial charge in [-0.15, -0.1) is 5.10 Å². The molecule has 2 aromatic carbocycles. The summed E-state index contributed by atoms with van der Waals surface area (Å²) in [6, 6.07) is 14.4. The number of hydrogen-bond acceptors (Lipinski definition) is 7. The average molecular weight is 349 g/mol. The first kappa shape index (κ1) is 15.9. The molecule has 8 nitrogen and oxygen atoms in total. The fourth-order valence-electron chi connectivity index (χ4n) is 2.56. The average Bonchev–Trinajstić information content (AvgIpc) is 3.14. The maximum absolute atomic E-state index is 12.5. The van der Waals surface area contributed by atoms with E-state index in [0.717, 1.165) is 11.3 Å². The van der Waals surface area contributed by atoms with Gasteiger partial charge in [0.25, 0.3) is 11.4 Å². The van der Waals surface area contributed by atoms with Gasteiger partial charge in [0.05, 0.1) is 12.0 Å². The Hall–Kier alpha value is -3.55. The summed E-state index contributed by atoms with van der Waals surface area (Å²) in [5, 5.41) is 12.4. The summed E-state index contributed by atoms with van der Waals surface area (Å²) in [5.74, 6) is 1.49. The van der Waals surface area contributed by atoms with Gasteiger partial charge in [-0.25, -0.2) is 4.68 Å². The molecule has 0 aliphatic carbocycles. The van der Waals surface area contributed by atoms with Crippen molar-refractivity contribution in [2.75, 3.05) is 6.61 Å². The summed E-state index contributed by atoms with van der Waals surface area (Å²) in [4.78, 5) is 16.8. The molecule has 0 fully saturated rings. The van der Waals surface area contributed by atoms with Crippen molar-refractivity contribution in [1.29, 1.82) is 0 Å². The van der Waals surface area contributed by atoms with Crippen molar-refractivity contribution in [3.8, 4) is 17.2 Å². The fourth-order valence-corrected chi connectivity index (χ4v) is 2.56. The molecule has 0 spiro atoms. The SMILES string of the molecule is CCOc1ccc(-c2nc(Cn3nnc4ccccc4c3=O)no2)cc1. The number of ether oxygens (including phenoxy) is 1. The van der Waals surface area contributed by atoms with Crippen LogP contribution in [0.3, 0.4) is 0 Å². The Kier molecular flexibility index (Phi) is 4.14. The molecule has 8 heteroatoms. The molecule has 26 heavy (non-hydrogen) atoms. The van der Waals surface area contributed by atoms with Crippen LogP contribution in [0, 0.1) is 0 Å². The molecule has 0 amide bonds. The Morgan fingerprint density at radius 2 is 1.92 bits per heavy atom. The molecule has 0 N–H and O–H groups in total. The Morgan fingerprint density at radius 3 is 2.73 bits per heavy atom. The van der Waals surface area contributed by atoms with Crippen molar-refractivity contribution in [3.63, 3.8) is 0 Å². The van der Waals surface area contributed by atoms with E-state index < -0.39 is 0 Å². The van der Waals surface area contributed by atoms with Crippen LogP contribution in [0.15, 0.2) is 57.8 Å². The first-order valence-electron chi connectivity index (χ1n) is 8.13. The van der Waals surface area contributed by atoms with Gasteiger partial charge in [0.1, 0.15) is 17.8 Å². The van der Waals surface area contributed by atoms with Crippen LogP contribution in [0.4, 0.5) is 0 Å². The third kappa shape index (κ3) is 3.04. The molecular weight excluding hydrogens is 334 g/mol. The van der Waals surface area contributed by atoms with Gasteiger partial charge in [-0.3, -0.25) is 4.79 Å². The van der Waals surface area contributed by atoms with Crippen LogP contribution in [-0.2, 0) is 6.54 Å². The van der Waals surface area contributed by atoms with Crippen LogP contribution < -0.4 is 10.3 Å². The lowest BCUT2D eigenvalue weighted by molar-refractivity contribution is 0.340.